The highest BCUT2D eigenvalue weighted by Gasteiger charge is 2.42. The largest absolute Gasteiger partial charge is 0.356 e. The maximum atomic E-state index is 13.8. The Morgan fingerprint density at radius 1 is 1.31 bits per heavy atom. The van der Waals surface area contributed by atoms with Gasteiger partial charge in [-0.1, -0.05) is 6.07 Å². The number of aliphatic imine (C=N–C) groups is 1. The molecule has 4 nitrogen and oxygen atoms in total. The number of hydrogen-bond acceptors (Lipinski definition) is 3. The highest BCUT2D eigenvalue weighted by Crippen LogP contribution is 2.43. The second-order valence-electron chi connectivity index (χ2n) is 6.23. The van der Waals surface area contributed by atoms with Gasteiger partial charge in [-0.05, 0) is 32.4 Å². The number of hydrogen-bond donors (Lipinski definition) is 2. The fraction of sp³-hybridized carbons (Fsp3) is 0.444. The van der Waals surface area contributed by atoms with Gasteiger partial charge in [-0.2, -0.15) is 0 Å². The van der Waals surface area contributed by atoms with Crippen LogP contribution in [0.5, 0.6) is 0 Å². The number of aryl methyl sites for hydroxylation is 2. The van der Waals surface area contributed by atoms with Gasteiger partial charge in [0, 0.05) is 42.4 Å². The average molecular weight is 492 g/mol. The first kappa shape index (κ1) is 21.0. The van der Waals surface area contributed by atoms with Crippen LogP contribution in [0, 0.1) is 25.5 Å². The lowest BCUT2D eigenvalue weighted by Gasteiger charge is -2.11. The van der Waals surface area contributed by atoms with Gasteiger partial charge in [0.15, 0.2) is 5.96 Å². The minimum Gasteiger partial charge on any atom is -0.356 e. The molecule has 0 spiro atoms. The van der Waals surface area contributed by atoms with E-state index in [1.54, 1.807) is 18.4 Å². The van der Waals surface area contributed by atoms with Crippen LogP contribution in [0.3, 0.4) is 0 Å². The minimum atomic E-state index is -0.480. The van der Waals surface area contributed by atoms with E-state index in [2.05, 4.69) is 27.5 Å². The molecule has 1 aliphatic carbocycles. The van der Waals surface area contributed by atoms with E-state index in [4.69, 9.17) is 0 Å². The van der Waals surface area contributed by atoms with Crippen molar-refractivity contribution >= 4 is 41.3 Å². The van der Waals surface area contributed by atoms with Gasteiger partial charge in [0.25, 0.3) is 0 Å². The molecule has 1 aliphatic rings. The number of nitrogens with zero attached hydrogens (tertiary/aromatic N) is 2. The van der Waals surface area contributed by atoms with Crippen LogP contribution in [0.15, 0.2) is 23.2 Å². The first-order chi connectivity index (χ1) is 12.0. The van der Waals surface area contributed by atoms with Crippen LogP contribution in [-0.2, 0) is 6.42 Å². The predicted molar refractivity (Wildman–Crippen MR) is 113 cm³/mol. The fourth-order valence-electron chi connectivity index (χ4n) is 2.84. The predicted octanol–water partition coefficient (Wildman–Crippen LogP) is 3.92. The lowest BCUT2D eigenvalue weighted by molar-refractivity contribution is 0.553. The third-order valence-corrected chi connectivity index (χ3v) is 5.54. The van der Waals surface area contributed by atoms with Crippen molar-refractivity contribution in [2.24, 2.45) is 4.99 Å². The smallest absolute Gasteiger partial charge is 0.191 e. The number of benzene rings is 1. The SMILES string of the molecule is CN=C(NCCc1nc(C)c(C)s1)NC1CC1c1c(F)cccc1F.I. The van der Waals surface area contributed by atoms with Gasteiger partial charge < -0.3 is 10.6 Å². The summed E-state index contributed by atoms with van der Waals surface area (Å²) in [5.74, 6) is -0.461. The molecule has 3 rings (SSSR count). The molecule has 1 fully saturated rings. The molecule has 1 heterocycles. The first-order valence-corrected chi connectivity index (χ1v) is 9.15. The highest BCUT2D eigenvalue weighted by molar-refractivity contribution is 14.0. The zero-order valence-corrected chi connectivity index (χ0v) is 18.1. The van der Waals surface area contributed by atoms with Crippen LogP contribution in [-0.4, -0.2) is 30.6 Å². The summed E-state index contributed by atoms with van der Waals surface area (Å²) >= 11 is 1.71. The van der Waals surface area contributed by atoms with Gasteiger partial charge in [-0.25, -0.2) is 13.8 Å². The van der Waals surface area contributed by atoms with Crippen LogP contribution in [0.4, 0.5) is 8.78 Å². The van der Waals surface area contributed by atoms with E-state index in [0.717, 1.165) is 17.1 Å². The summed E-state index contributed by atoms with van der Waals surface area (Å²) in [5, 5.41) is 7.57. The second-order valence-corrected chi connectivity index (χ2v) is 7.51. The zero-order chi connectivity index (χ0) is 18.0. The van der Waals surface area contributed by atoms with Crippen molar-refractivity contribution in [2.75, 3.05) is 13.6 Å². The number of aromatic nitrogens is 1. The Morgan fingerprint density at radius 3 is 2.58 bits per heavy atom. The van der Waals surface area contributed by atoms with Crippen molar-refractivity contribution in [2.45, 2.75) is 38.6 Å². The molecule has 2 N–H and O–H groups in total. The number of nitrogens with one attached hydrogen (secondary N) is 2. The van der Waals surface area contributed by atoms with E-state index in [9.17, 15) is 8.78 Å². The molecule has 0 aliphatic heterocycles. The van der Waals surface area contributed by atoms with Gasteiger partial charge in [0.1, 0.15) is 11.6 Å². The Bertz CT molecular complexity index is 754. The molecule has 2 aromatic rings. The molecule has 0 saturated heterocycles. The summed E-state index contributed by atoms with van der Waals surface area (Å²) < 4.78 is 27.7. The highest BCUT2D eigenvalue weighted by atomic mass is 127. The van der Waals surface area contributed by atoms with Crippen molar-refractivity contribution in [3.63, 3.8) is 0 Å². The third-order valence-electron chi connectivity index (χ3n) is 4.41. The minimum absolute atomic E-state index is 0. The quantitative estimate of drug-likeness (QED) is 0.378. The number of halogens is 3. The van der Waals surface area contributed by atoms with E-state index >= 15 is 0 Å². The molecule has 2 unspecified atom stereocenters. The third kappa shape index (κ3) is 4.91. The van der Waals surface area contributed by atoms with E-state index in [1.165, 1.54) is 23.1 Å². The second kappa shape index (κ2) is 9.07. The maximum Gasteiger partial charge on any atom is 0.191 e. The van der Waals surface area contributed by atoms with Crippen molar-refractivity contribution in [1.29, 1.82) is 0 Å². The van der Waals surface area contributed by atoms with Gasteiger partial charge in [0.05, 0.1) is 10.7 Å². The molecule has 1 aromatic carbocycles. The monoisotopic (exact) mass is 492 g/mol. The Balaban J connectivity index is 0.00000243. The van der Waals surface area contributed by atoms with E-state index in [1.807, 2.05) is 6.92 Å². The summed E-state index contributed by atoms with van der Waals surface area (Å²) in [6.07, 6.45) is 1.51. The molecular weight excluding hydrogens is 469 g/mol. The van der Waals surface area contributed by atoms with Gasteiger partial charge in [-0.15, -0.1) is 35.3 Å². The topological polar surface area (TPSA) is 49.3 Å². The Labute approximate surface area is 173 Å². The van der Waals surface area contributed by atoms with Crippen LogP contribution in [0.1, 0.15) is 33.5 Å². The van der Waals surface area contributed by atoms with Gasteiger partial charge in [0.2, 0.25) is 0 Å². The van der Waals surface area contributed by atoms with Crippen LogP contribution >= 0.6 is 35.3 Å². The summed E-state index contributed by atoms with van der Waals surface area (Å²) in [7, 11) is 1.69. The molecule has 1 aromatic heterocycles. The standard InChI is InChI=1S/C18H22F2N4S.HI/c1-10-11(2)25-16(23-10)7-8-22-18(21-3)24-15-9-12(15)17-13(19)5-4-6-14(17)20;/h4-6,12,15H,7-9H2,1-3H3,(H2,21,22,24);1H. The molecule has 2 atom stereocenters. The molecule has 0 radical (unpaired) electrons. The molecular formula is C18H23F2IN4S. The number of guanidine groups is 1. The molecule has 0 amide bonds. The Hall–Kier alpha value is -1.29. The van der Waals surface area contributed by atoms with Crippen molar-refractivity contribution < 1.29 is 8.78 Å². The lowest BCUT2D eigenvalue weighted by atomic mass is 10.1. The van der Waals surface area contributed by atoms with E-state index in [0.29, 0.717) is 18.9 Å². The summed E-state index contributed by atoms with van der Waals surface area (Å²) in [6, 6.07) is 4.00. The maximum absolute atomic E-state index is 13.8. The zero-order valence-electron chi connectivity index (χ0n) is 15.0. The summed E-state index contributed by atoms with van der Waals surface area (Å²) in [5.41, 5.74) is 1.25. The normalized spacial score (nSPS) is 19.0. The fourth-order valence-corrected chi connectivity index (χ4v) is 3.78. The Kier molecular flexibility index (Phi) is 7.33. The van der Waals surface area contributed by atoms with Gasteiger partial charge >= 0.3 is 0 Å². The number of thiazole rings is 1. The molecule has 1 saturated carbocycles. The number of rotatable bonds is 5. The van der Waals surface area contributed by atoms with E-state index < -0.39 is 11.6 Å². The summed E-state index contributed by atoms with van der Waals surface area (Å²) in [4.78, 5) is 9.94. The van der Waals surface area contributed by atoms with Crippen molar-refractivity contribution in [1.82, 2.24) is 15.6 Å². The van der Waals surface area contributed by atoms with Crippen molar-refractivity contribution in [3.8, 4) is 0 Å². The van der Waals surface area contributed by atoms with Crippen molar-refractivity contribution in [3.05, 3.63) is 51.0 Å². The first-order valence-electron chi connectivity index (χ1n) is 8.33. The molecule has 0 bridgehead atoms. The lowest BCUT2D eigenvalue weighted by Crippen LogP contribution is -2.40. The van der Waals surface area contributed by atoms with Crippen LogP contribution in [0.2, 0.25) is 0 Å². The molecule has 142 valence electrons. The summed E-state index contributed by atoms with van der Waals surface area (Å²) in [6.45, 7) is 4.79. The average Bonchev–Trinajstić information content (AvgIpc) is 3.23. The molecule has 8 heteroatoms. The van der Waals surface area contributed by atoms with Crippen LogP contribution in [0.25, 0.3) is 0 Å². The van der Waals surface area contributed by atoms with Gasteiger partial charge in [-0.3, -0.25) is 4.99 Å². The van der Waals surface area contributed by atoms with E-state index in [-0.39, 0.29) is 41.5 Å². The van der Waals surface area contributed by atoms with Crippen LogP contribution < -0.4 is 10.6 Å². The molecule has 26 heavy (non-hydrogen) atoms. The Morgan fingerprint density at radius 2 is 2.00 bits per heavy atom.